The van der Waals surface area contributed by atoms with Gasteiger partial charge in [0.25, 0.3) is 17.5 Å². The Morgan fingerprint density at radius 1 is 1.12 bits per heavy atom. The molecule has 0 aliphatic rings. The molecule has 0 bridgehead atoms. The maximum atomic E-state index is 11.9. The van der Waals surface area contributed by atoms with Gasteiger partial charge in [0.15, 0.2) is 0 Å². The second kappa shape index (κ2) is 8.25. The third-order valence-electron chi connectivity index (χ3n) is 3.28. The number of amides is 2. The first kappa shape index (κ1) is 18.4. The molecule has 25 heavy (non-hydrogen) atoms. The van der Waals surface area contributed by atoms with E-state index in [1.54, 1.807) is 0 Å². The molecule has 0 saturated heterocycles. The second-order valence-electron chi connectivity index (χ2n) is 5.12. The van der Waals surface area contributed by atoms with E-state index in [2.05, 4.69) is 32.1 Å². The lowest BCUT2D eigenvalue weighted by atomic mass is 10.2. The normalized spacial score (nSPS) is 10.0. The van der Waals surface area contributed by atoms with E-state index in [1.165, 1.54) is 24.3 Å². The highest BCUT2D eigenvalue weighted by molar-refractivity contribution is 9.10. The van der Waals surface area contributed by atoms with Crippen molar-refractivity contribution in [1.29, 1.82) is 0 Å². The summed E-state index contributed by atoms with van der Waals surface area (Å²) in [5.74, 6) is -0.999. The molecule has 0 fully saturated rings. The lowest BCUT2D eigenvalue weighted by molar-refractivity contribution is -0.384. The number of nitro benzene ring substituents is 1. The van der Waals surface area contributed by atoms with Gasteiger partial charge in [-0.15, -0.1) is 0 Å². The highest BCUT2D eigenvalue weighted by atomic mass is 79.9. The Balaban J connectivity index is 1.82. The number of nitrogens with zero attached hydrogens (tertiary/aromatic N) is 1. The number of nitrogens with one attached hydrogen (secondary N) is 3. The largest absolute Gasteiger partial charge is 0.376 e. The number of hydrogen-bond donors (Lipinski definition) is 3. The van der Waals surface area contributed by atoms with Crippen molar-refractivity contribution in [3.05, 3.63) is 68.2 Å². The predicted molar refractivity (Wildman–Crippen MR) is 96.1 cm³/mol. The fraction of sp³-hybridized carbons (Fsp3) is 0.125. The molecule has 0 aromatic heterocycles. The number of hydrazine groups is 1. The van der Waals surface area contributed by atoms with E-state index in [4.69, 9.17) is 0 Å². The molecule has 2 amide bonds. The number of aryl methyl sites for hydroxylation is 1. The van der Waals surface area contributed by atoms with Crippen LogP contribution in [0.2, 0.25) is 0 Å². The van der Waals surface area contributed by atoms with Crippen molar-refractivity contribution >= 4 is 39.1 Å². The third kappa shape index (κ3) is 5.28. The summed E-state index contributed by atoms with van der Waals surface area (Å²) in [7, 11) is 0. The van der Waals surface area contributed by atoms with Gasteiger partial charge in [-0.3, -0.25) is 30.6 Å². The quantitative estimate of drug-likeness (QED) is 0.521. The zero-order valence-corrected chi connectivity index (χ0v) is 14.8. The summed E-state index contributed by atoms with van der Waals surface area (Å²) in [6, 6.07) is 10.7. The monoisotopic (exact) mass is 406 g/mol. The zero-order valence-electron chi connectivity index (χ0n) is 13.2. The Labute approximate surface area is 151 Å². The van der Waals surface area contributed by atoms with Gasteiger partial charge in [-0.25, -0.2) is 0 Å². The Morgan fingerprint density at radius 3 is 2.40 bits per heavy atom. The number of halogens is 1. The van der Waals surface area contributed by atoms with Crippen molar-refractivity contribution in [2.45, 2.75) is 6.92 Å². The standard InChI is InChI=1S/C16H15BrN4O4/c1-10-8-12(17)4-7-14(10)18-9-15(22)19-20-16(23)11-2-5-13(6-3-11)21(24)25/h2-8,18H,9H2,1H3,(H,19,22)(H,20,23). The van der Waals surface area contributed by atoms with Crippen LogP contribution in [0.5, 0.6) is 0 Å². The van der Waals surface area contributed by atoms with Crippen LogP contribution in [0.1, 0.15) is 15.9 Å². The van der Waals surface area contributed by atoms with Crippen molar-refractivity contribution in [3.63, 3.8) is 0 Å². The van der Waals surface area contributed by atoms with Gasteiger partial charge in [0, 0.05) is 27.9 Å². The summed E-state index contributed by atoms with van der Waals surface area (Å²) in [5.41, 5.74) is 6.38. The minimum absolute atomic E-state index is 0.0248. The molecule has 2 aromatic carbocycles. The van der Waals surface area contributed by atoms with E-state index in [9.17, 15) is 19.7 Å². The van der Waals surface area contributed by atoms with Gasteiger partial charge in [-0.2, -0.15) is 0 Å². The summed E-state index contributed by atoms with van der Waals surface area (Å²) in [5, 5.41) is 13.5. The minimum atomic E-state index is -0.567. The van der Waals surface area contributed by atoms with E-state index in [0.717, 1.165) is 15.7 Å². The van der Waals surface area contributed by atoms with E-state index >= 15 is 0 Å². The maximum absolute atomic E-state index is 11.9. The van der Waals surface area contributed by atoms with E-state index in [0.29, 0.717) is 0 Å². The van der Waals surface area contributed by atoms with Crippen LogP contribution in [0.25, 0.3) is 0 Å². The molecule has 0 aliphatic heterocycles. The van der Waals surface area contributed by atoms with Crippen molar-refractivity contribution in [2.75, 3.05) is 11.9 Å². The second-order valence-corrected chi connectivity index (χ2v) is 6.03. The molecule has 8 nitrogen and oxygen atoms in total. The molecule has 0 atom stereocenters. The first-order valence-electron chi connectivity index (χ1n) is 7.20. The summed E-state index contributed by atoms with van der Waals surface area (Å²) < 4.78 is 0.940. The van der Waals surface area contributed by atoms with Crippen LogP contribution in [0.4, 0.5) is 11.4 Å². The summed E-state index contributed by atoms with van der Waals surface area (Å²) >= 11 is 3.36. The molecular weight excluding hydrogens is 392 g/mol. The molecule has 0 unspecified atom stereocenters. The molecule has 0 spiro atoms. The number of nitro groups is 1. The molecule has 3 N–H and O–H groups in total. The topological polar surface area (TPSA) is 113 Å². The van der Waals surface area contributed by atoms with Gasteiger partial charge in [-0.05, 0) is 42.8 Å². The van der Waals surface area contributed by atoms with Crippen LogP contribution in [0.3, 0.4) is 0 Å². The fourth-order valence-electron chi connectivity index (χ4n) is 1.98. The number of anilines is 1. The number of hydrogen-bond acceptors (Lipinski definition) is 5. The SMILES string of the molecule is Cc1cc(Br)ccc1NCC(=O)NNC(=O)c1ccc([N+](=O)[O-])cc1. The molecule has 130 valence electrons. The average molecular weight is 407 g/mol. The van der Waals surface area contributed by atoms with Crippen LogP contribution in [0.15, 0.2) is 46.9 Å². The van der Waals surface area contributed by atoms with Crippen LogP contribution in [0, 0.1) is 17.0 Å². The van der Waals surface area contributed by atoms with Crippen LogP contribution in [-0.2, 0) is 4.79 Å². The molecule has 0 saturated carbocycles. The van der Waals surface area contributed by atoms with Crippen LogP contribution in [-0.4, -0.2) is 23.3 Å². The Morgan fingerprint density at radius 2 is 1.80 bits per heavy atom. The van der Waals surface area contributed by atoms with Gasteiger partial charge >= 0.3 is 0 Å². The smallest absolute Gasteiger partial charge is 0.269 e. The summed E-state index contributed by atoms with van der Waals surface area (Å²) in [6.07, 6.45) is 0. The average Bonchev–Trinajstić information content (AvgIpc) is 2.59. The molecule has 0 radical (unpaired) electrons. The highest BCUT2D eigenvalue weighted by Crippen LogP contribution is 2.19. The first-order chi connectivity index (χ1) is 11.9. The first-order valence-corrected chi connectivity index (χ1v) is 8.00. The van der Waals surface area contributed by atoms with Crippen molar-refractivity contribution < 1.29 is 14.5 Å². The maximum Gasteiger partial charge on any atom is 0.269 e. The van der Waals surface area contributed by atoms with Crippen LogP contribution < -0.4 is 16.2 Å². The summed E-state index contributed by atoms with van der Waals surface area (Å²) in [6.45, 7) is 1.88. The lowest BCUT2D eigenvalue weighted by Gasteiger charge is -2.11. The minimum Gasteiger partial charge on any atom is -0.376 e. The van der Waals surface area contributed by atoms with Crippen molar-refractivity contribution in [2.24, 2.45) is 0 Å². The zero-order chi connectivity index (χ0) is 18.4. The Bertz CT molecular complexity index is 808. The van der Waals surface area contributed by atoms with Crippen molar-refractivity contribution in [1.82, 2.24) is 10.9 Å². The van der Waals surface area contributed by atoms with E-state index in [1.807, 2.05) is 25.1 Å². The predicted octanol–water partition coefficient (Wildman–Crippen LogP) is 2.54. The van der Waals surface area contributed by atoms with E-state index in [-0.39, 0.29) is 17.8 Å². The molecule has 0 aliphatic carbocycles. The lowest BCUT2D eigenvalue weighted by Crippen LogP contribution is -2.44. The number of carbonyl (C=O) groups excluding carboxylic acids is 2. The molecule has 9 heteroatoms. The molecule has 0 heterocycles. The molecule has 2 aromatic rings. The van der Waals surface area contributed by atoms with E-state index < -0.39 is 16.7 Å². The number of rotatable bonds is 5. The molecule has 2 rings (SSSR count). The Kier molecular flexibility index (Phi) is 6.07. The third-order valence-corrected chi connectivity index (χ3v) is 3.78. The number of non-ortho nitro benzene ring substituents is 1. The highest BCUT2D eigenvalue weighted by Gasteiger charge is 2.10. The number of carbonyl (C=O) groups is 2. The molecular formula is C16H15BrN4O4. The Hall–Kier alpha value is -2.94. The van der Waals surface area contributed by atoms with Gasteiger partial charge in [0.05, 0.1) is 11.5 Å². The van der Waals surface area contributed by atoms with Gasteiger partial charge < -0.3 is 5.32 Å². The fourth-order valence-corrected chi connectivity index (χ4v) is 2.45. The van der Waals surface area contributed by atoms with Gasteiger partial charge in [0.1, 0.15) is 0 Å². The summed E-state index contributed by atoms with van der Waals surface area (Å²) in [4.78, 5) is 33.7. The van der Waals surface area contributed by atoms with Gasteiger partial charge in [-0.1, -0.05) is 15.9 Å². The van der Waals surface area contributed by atoms with Crippen LogP contribution >= 0.6 is 15.9 Å². The number of benzene rings is 2. The van der Waals surface area contributed by atoms with Gasteiger partial charge in [0.2, 0.25) is 0 Å². The van der Waals surface area contributed by atoms with Crippen molar-refractivity contribution in [3.8, 4) is 0 Å².